The normalized spacial score (nSPS) is 11.1. The second-order valence-corrected chi connectivity index (χ2v) is 4.79. The van der Waals surface area contributed by atoms with Gasteiger partial charge < -0.3 is 9.90 Å². The van der Waals surface area contributed by atoms with Crippen LogP contribution in [0, 0.1) is 5.82 Å². The Morgan fingerprint density at radius 3 is 2.64 bits per heavy atom. The van der Waals surface area contributed by atoms with Gasteiger partial charge in [-0.2, -0.15) is 0 Å². The van der Waals surface area contributed by atoms with E-state index in [0.29, 0.717) is 22.2 Å². The Balaban J connectivity index is 2.06. The van der Waals surface area contributed by atoms with E-state index in [4.69, 9.17) is 0 Å². The lowest BCUT2D eigenvalue weighted by Gasteiger charge is -2.08. The molecule has 3 nitrogen and oxygen atoms in total. The molecule has 0 radical (unpaired) electrons. The molecule has 0 aliphatic rings. The van der Waals surface area contributed by atoms with Crippen LogP contribution in [0.4, 0.5) is 4.39 Å². The van der Waals surface area contributed by atoms with Gasteiger partial charge in [0.1, 0.15) is 5.82 Å². The molecule has 1 aromatic heterocycles. The number of carboxylic acid groups (broad SMARTS) is 1. The molecule has 0 aliphatic carbocycles. The maximum atomic E-state index is 13.1. The number of nitrogens with zero attached hydrogens (tertiary/aromatic N) is 1. The number of hydrogen-bond acceptors (Lipinski definition) is 3. The van der Waals surface area contributed by atoms with Crippen molar-refractivity contribution in [1.82, 2.24) is 4.98 Å². The topological polar surface area (TPSA) is 53.0 Å². The predicted octanol–water partition coefficient (Wildman–Crippen LogP) is 2.91. The zero-order valence-electron chi connectivity index (χ0n) is 11.5. The van der Waals surface area contributed by atoms with Crippen molar-refractivity contribution in [2.45, 2.75) is 0 Å². The number of carbonyl (C=O) groups excluding carboxylic acids is 1. The standard InChI is InChI=1S/C18H12FNO2/c19-13-5-3-4-12(10-13)8-9-14-11-16(18(21)22)15-6-1-2-7-17(15)20-14/h1-11H,(H,21,22)/p-1/b9-8+. The van der Waals surface area contributed by atoms with Crippen molar-refractivity contribution < 1.29 is 14.3 Å². The average Bonchev–Trinajstić information content (AvgIpc) is 2.52. The third-order valence-electron chi connectivity index (χ3n) is 3.25. The Labute approximate surface area is 126 Å². The number of carboxylic acids is 1. The summed E-state index contributed by atoms with van der Waals surface area (Å²) >= 11 is 0. The minimum atomic E-state index is -1.25. The zero-order chi connectivity index (χ0) is 15.5. The third kappa shape index (κ3) is 2.86. The van der Waals surface area contributed by atoms with Gasteiger partial charge in [-0.1, -0.05) is 36.4 Å². The molecule has 3 rings (SSSR count). The van der Waals surface area contributed by atoms with Gasteiger partial charge in [0.05, 0.1) is 17.2 Å². The van der Waals surface area contributed by atoms with Crippen molar-refractivity contribution in [3.63, 3.8) is 0 Å². The fourth-order valence-corrected chi connectivity index (χ4v) is 2.24. The first-order valence-electron chi connectivity index (χ1n) is 6.68. The summed E-state index contributed by atoms with van der Waals surface area (Å²) in [6, 6.07) is 14.5. The predicted molar refractivity (Wildman–Crippen MR) is 81.4 cm³/mol. The van der Waals surface area contributed by atoms with Crippen LogP contribution in [0.5, 0.6) is 0 Å². The summed E-state index contributed by atoms with van der Waals surface area (Å²) < 4.78 is 13.1. The molecule has 0 saturated heterocycles. The van der Waals surface area contributed by atoms with E-state index in [1.54, 1.807) is 48.6 Å². The molecule has 1 heterocycles. The summed E-state index contributed by atoms with van der Waals surface area (Å²) in [5.41, 5.74) is 1.81. The van der Waals surface area contributed by atoms with Crippen LogP contribution in [0.15, 0.2) is 54.6 Å². The Bertz CT molecular complexity index is 887. The van der Waals surface area contributed by atoms with Crippen molar-refractivity contribution in [2.24, 2.45) is 0 Å². The Morgan fingerprint density at radius 1 is 1.05 bits per heavy atom. The lowest BCUT2D eigenvalue weighted by molar-refractivity contribution is -0.254. The van der Waals surface area contributed by atoms with Gasteiger partial charge in [0.25, 0.3) is 0 Å². The van der Waals surface area contributed by atoms with Crippen molar-refractivity contribution in [3.05, 3.63) is 77.2 Å². The molecule has 3 aromatic rings. The number of aromatic carboxylic acids is 1. The summed E-state index contributed by atoms with van der Waals surface area (Å²) in [6.45, 7) is 0. The van der Waals surface area contributed by atoms with Crippen LogP contribution in [0.1, 0.15) is 21.6 Å². The first kappa shape index (κ1) is 13.9. The van der Waals surface area contributed by atoms with Gasteiger partial charge in [-0.3, -0.25) is 0 Å². The van der Waals surface area contributed by atoms with E-state index in [-0.39, 0.29) is 11.4 Å². The summed E-state index contributed by atoms with van der Waals surface area (Å²) in [5.74, 6) is -1.58. The highest BCUT2D eigenvalue weighted by atomic mass is 19.1. The van der Waals surface area contributed by atoms with Crippen molar-refractivity contribution in [1.29, 1.82) is 0 Å². The molecule has 0 unspecified atom stereocenters. The van der Waals surface area contributed by atoms with E-state index in [9.17, 15) is 14.3 Å². The Hall–Kier alpha value is -3.01. The molecule has 108 valence electrons. The van der Waals surface area contributed by atoms with Crippen molar-refractivity contribution in [3.8, 4) is 0 Å². The smallest absolute Gasteiger partial charge is 0.123 e. The molecular formula is C18H11FNO2-. The van der Waals surface area contributed by atoms with Gasteiger partial charge >= 0.3 is 0 Å². The summed E-state index contributed by atoms with van der Waals surface area (Å²) in [6.07, 6.45) is 3.33. The third-order valence-corrected chi connectivity index (χ3v) is 3.25. The molecule has 0 saturated carbocycles. The van der Waals surface area contributed by atoms with Gasteiger partial charge in [-0.05, 0) is 35.9 Å². The van der Waals surface area contributed by atoms with Gasteiger partial charge in [-0.15, -0.1) is 0 Å². The Kier molecular flexibility index (Phi) is 3.66. The first-order chi connectivity index (χ1) is 10.6. The quantitative estimate of drug-likeness (QED) is 0.746. The number of halogens is 1. The number of pyridine rings is 1. The van der Waals surface area contributed by atoms with Gasteiger partial charge in [0.15, 0.2) is 0 Å². The SMILES string of the molecule is O=C([O-])c1cc(/C=C/c2cccc(F)c2)nc2ccccc12. The van der Waals surface area contributed by atoms with E-state index in [1.807, 2.05) is 0 Å². The number of aromatic nitrogens is 1. The highest BCUT2D eigenvalue weighted by Gasteiger charge is 2.04. The van der Waals surface area contributed by atoms with E-state index in [2.05, 4.69) is 4.98 Å². The number of para-hydroxylation sites is 1. The molecule has 0 amide bonds. The molecule has 0 N–H and O–H groups in total. The van der Waals surface area contributed by atoms with Crippen molar-refractivity contribution >= 4 is 29.0 Å². The van der Waals surface area contributed by atoms with E-state index in [1.165, 1.54) is 18.2 Å². The van der Waals surface area contributed by atoms with Crippen LogP contribution < -0.4 is 5.11 Å². The highest BCUT2D eigenvalue weighted by Crippen LogP contribution is 2.19. The fourth-order valence-electron chi connectivity index (χ4n) is 2.24. The number of benzene rings is 2. The lowest BCUT2D eigenvalue weighted by Crippen LogP contribution is -2.22. The monoisotopic (exact) mass is 292 g/mol. The number of hydrogen-bond donors (Lipinski definition) is 0. The molecule has 0 atom stereocenters. The van der Waals surface area contributed by atoms with Crippen LogP contribution in [-0.2, 0) is 0 Å². The van der Waals surface area contributed by atoms with Crippen LogP contribution >= 0.6 is 0 Å². The summed E-state index contributed by atoms with van der Waals surface area (Å²) in [5, 5.41) is 11.8. The lowest BCUT2D eigenvalue weighted by atomic mass is 10.1. The fraction of sp³-hybridized carbons (Fsp3) is 0. The zero-order valence-corrected chi connectivity index (χ0v) is 11.5. The molecule has 0 aliphatic heterocycles. The van der Waals surface area contributed by atoms with E-state index in [0.717, 1.165) is 0 Å². The largest absolute Gasteiger partial charge is 0.545 e. The van der Waals surface area contributed by atoms with E-state index >= 15 is 0 Å². The number of rotatable bonds is 3. The van der Waals surface area contributed by atoms with Crippen molar-refractivity contribution in [2.75, 3.05) is 0 Å². The molecule has 22 heavy (non-hydrogen) atoms. The minimum absolute atomic E-state index is 0.0875. The minimum Gasteiger partial charge on any atom is -0.545 e. The maximum Gasteiger partial charge on any atom is 0.123 e. The first-order valence-corrected chi connectivity index (χ1v) is 6.68. The van der Waals surface area contributed by atoms with Crippen LogP contribution in [0.3, 0.4) is 0 Å². The van der Waals surface area contributed by atoms with Crippen LogP contribution in [0.25, 0.3) is 23.1 Å². The summed E-state index contributed by atoms with van der Waals surface area (Å²) in [7, 11) is 0. The average molecular weight is 292 g/mol. The van der Waals surface area contributed by atoms with Gasteiger partial charge in [-0.25, -0.2) is 9.37 Å². The summed E-state index contributed by atoms with van der Waals surface area (Å²) in [4.78, 5) is 15.7. The van der Waals surface area contributed by atoms with Crippen LogP contribution in [-0.4, -0.2) is 11.0 Å². The highest BCUT2D eigenvalue weighted by molar-refractivity contribution is 6.02. The van der Waals surface area contributed by atoms with Gasteiger partial charge in [0.2, 0.25) is 0 Å². The number of fused-ring (bicyclic) bond motifs is 1. The van der Waals surface area contributed by atoms with Gasteiger partial charge in [0, 0.05) is 10.9 Å². The maximum absolute atomic E-state index is 13.1. The molecule has 0 spiro atoms. The molecule has 4 heteroatoms. The van der Waals surface area contributed by atoms with Crippen LogP contribution in [0.2, 0.25) is 0 Å². The second kappa shape index (κ2) is 5.77. The molecule has 2 aromatic carbocycles. The molecule has 0 bridgehead atoms. The molecular weight excluding hydrogens is 281 g/mol. The second-order valence-electron chi connectivity index (χ2n) is 4.79. The molecule has 0 fully saturated rings. The Morgan fingerprint density at radius 2 is 1.86 bits per heavy atom. The van der Waals surface area contributed by atoms with E-state index < -0.39 is 5.97 Å². The number of carbonyl (C=O) groups is 1.